The topological polar surface area (TPSA) is 56.7 Å². The third-order valence-electron chi connectivity index (χ3n) is 3.28. The van der Waals surface area contributed by atoms with Gasteiger partial charge in [-0.3, -0.25) is 9.79 Å². The molecule has 1 amide bonds. The van der Waals surface area contributed by atoms with Crippen molar-refractivity contribution in [2.24, 2.45) is 4.99 Å². The van der Waals surface area contributed by atoms with Gasteiger partial charge in [0.1, 0.15) is 5.82 Å². The van der Waals surface area contributed by atoms with Gasteiger partial charge in [-0.15, -0.1) is 24.0 Å². The number of nitrogens with zero attached hydrogens (tertiary/aromatic N) is 2. The molecule has 1 aromatic carbocycles. The van der Waals surface area contributed by atoms with Crippen molar-refractivity contribution in [3.8, 4) is 0 Å². The van der Waals surface area contributed by atoms with Crippen molar-refractivity contribution in [3.05, 3.63) is 34.6 Å². The van der Waals surface area contributed by atoms with Gasteiger partial charge in [0.05, 0.1) is 6.54 Å². The fourth-order valence-corrected chi connectivity index (χ4v) is 2.52. The average Bonchev–Trinajstić information content (AvgIpc) is 2.47. The van der Waals surface area contributed by atoms with Gasteiger partial charge in [0.25, 0.3) is 0 Å². The number of amides is 1. The molecule has 0 atom stereocenters. The zero-order valence-electron chi connectivity index (χ0n) is 16.0. The number of aliphatic imine (C=N–C) groups is 1. The van der Waals surface area contributed by atoms with Crippen molar-refractivity contribution < 1.29 is 9.18 Å². The summed E-state index contributed by atoms with van der Waals surface area (Å²) < 4.78 is 13.8. The number of hydrogen-bond acceptors (Lipinski definition) is 2. The highest BCUT2D eigenvalue weighted by molar-refractivity contribution is 14.0. The molecule has 0 bridgehead atoms. The van der Waals surface area contributed by atoms with E-state index in [0.29, 0.717) is 36.1 Å². The van der Waals surface area contributed by atoms with Gasteiger partial charge in [-0.25, -0.2) is 4.39 Å². The lowest BCUT2D eigenvalue weighted by Crippen LogP contribution is -2.48. The van der Waals surface area contributed by atoms with E-state index in [1.165, 1.54) is 6.07 Å². The fraction of sp³-hybridized carbons (Fsp3) is 0.556. The van der Waals surface area contributed by atoms with Gasteiger partial charge >= 0.3 is 0 Å². The van der Waals surface area contributed by atoms with Crippen molar-refractivity contribution in [1.29, 1.82) is 0 Å². The monoisotopic (exact) mass is 498 g/mol. The van der Waals surface area contributed by atoms with Gasteiger partial charge in [0.15, 0.2) is 5.96 Å². The zero-order valence-corrected chi connectivity index (χ0v) is 19.1. The molecule has 0 saturated carbocycles. The Hall–Kier alpha value is -1.09. The molecule has 0 heterocycles. The summed E-state index contributed by atoms with van der Waals surface area (Å²) in [7, 11) is 1.79. The Kier molecular flexibility index (Phi) is 11.1. The molecule has 0 fully saturated rings. The second-order valence-electron chi connectivity index (χ2n) is 6.84. The van der Waals surface area contributed by atoms with Crippen molar-refractivity contribution in [2.75, 3.05) is 26.7 Å². The van der Waals surface area contributed by atoms with E-state index in [1.54, 1.807) is 24.1 Å². The minimum atomic E-state index is -0.328. The highest BCUT2D eigenvalue weighted by atomic mass is 127. The predicted molar refractivity (Wildman–Crippen MR) is 117 cm³/mol. The Labute approximate surface area is 177 Å². The zero-order chi connectivity index (χ0) is 19.0. The van der Waals surface area contributed by atoms with E-state index in [4.69, 9.17) is 11.6 Å². The SMILES string of the molecule is CCNC(=NCCc1c(F)cccc1Cl)N(C)CC(=O)NC(C)(C)C.I. The third-order valence-corrected chi connectivity index (χ3v) is 3.63. The van der Waals surface area contributed by atoms with Crippen LogP contribution in [0.5, 0.6) is 0 Å². The summed E-state index contributed by atoms with van der Waals surface area (Å²) in [6.07, 6.45) is 0.391. The molecule has 1 rings (SSSR count). The summed E-state index contributed by atoms with van der Waals surface area (Å²) in [5, 5.41) is 6.45. The van der Waals surface area contributed by atoms with Crippen LogP contribution in [0.25, 0.3) is 0 Å². The molecule has 0 aliphatic heterocycles. The molecule has 0 spiro atoms. The van der Waals surface area contributed by atoms with Crippen molar-refractivity contribution in [1.82, 2.24) is 15.5 Å². The second-order valence-corrected chi connectivity index (χ2v) is 7.25. The van der Waals surface area contributed by atoms with E-state index in [9.17, 15) is 9.18 Å². The largest absolute Gasteiger partial charge is 0.357 e. The molecule has 2 N–H and O–H groups in total. The number of guanidine groups is 1. The fourth-order valence-electron chi connectivity index (χ4n) is 2.26. The quantitative estimate of drug-likeness (QED) is 0.359. The molecule has 0 aliphatic carbocycles. The van der Waals surface area contributed by atoms with Gasteiger partial charge in [0, 0.05) is 36.3 Å². The molecule has 26 heavy (non-hydrogen) atoms. The Morgan fingerprint density at radius 2 is 2.00 bits per heavy atom. The minimum Gasteiger partial charge on any atom is -0.357 e. The Balaban J connectivity index is 0.00000625. The first-order valence-corrected chi connectivity index (χ1v) is 8.75. The van der Waals surface area contributed by atoms with Gasteiger partial charge in [-0.05, 0) is 46.2 Å². The first-order valence-electron chi connectivity index (χ1n) is 8.37. The molecule has 8 heteroatoms. The molecule has 0 aromatic heterocycles. The minimum absolute atomic E-state index is 0. The lowest BCUT2D eigenvalue weighted by Gasteiger charge is -2.25. The number of likely N-dealkylation sites (N-methyl/N-ethyl adjacent to an activating group) is 1. The Morgan fingerprint density at radius 1 is 1.35 bits per heavy atom. The van der Waals surface area contributed by atoms with E-state index in [-0.39, 0.29) is 47.8 Å². The summed E-state index contributed by atoms with van der Waals surface area (Å²) in [5.74, 6) is 0.183. The van der Waals surface area contributed by atoms with Crippen molar-refractivity contribution in [2.45, 2.75) is 39.7 Å². The Bertz CT molecular complexity index is 599. The first-order chi connectivity index (χ1) is 11.6. The maximum absolute atomic E-state index is 13.8. The summed E-state index contributed by atoms with van der Waals surface area (Å²) in [4.78, 5) is 18.3. The normalized spacial score (nSPS) is 11.6. The molecular weight excluding hydrogens is 470 g/mol. The first kappa shape index (κ1) is 24.9. The maximum atomic E-state index is 13.8. The maximum Gasteiger partial charge on any atom is 0.240 e. The number of nitrogens with one attached hydrogen (secondary N) is 2. The number of carbonyl (C=O) groups excluding carboxylic acids is 1. The number of halogens is 3. The van der Waals surface area contributed by atoms with Gasteiger partial charge in [-0.2, -0.15) is 0 Å². The second kappa shape index (κ2) is 11.6. The Morgan fingerprint density at radius 3 is 2.54 bits per heavy atom. The molecule has 5 nitrogen and oxygen atoms in total. The van der Waals surface area contributed by atoms with Crippen LogP contribution in [-0.4, -0.2) is 49.0 Å². The van der Waals surface area contributed by atoms with E-state index in [2.05, 4.69) is 15.6 Å². The predicted octanol–water partition coefficient (Wildman–Crippen LogP) is 3.45. The number of rotatable bonds is 6. The van der Waals surface area contributed by atoms with Gasteiger partial charge < -0.3 is 15.5 Å². The van der Waals surface area contributed by atoms with Crippen LogP contribution in [0.1, 0.15) is 33.3 Å². The smallest absolute Gasteiger partial charge is 0.240 e. The lowest BCUT2D eigenvalue weighted by molar-refractivity contribution is -0.122. The van der Waals surface area contributed by atoms with Crippen LogP contribution >= 0.6 is 35.6 Å². The van der Waals surface area contributed by atoms with E-state index in [0.717, 1.165) is 0 Å². The standard InChI is InChI=1S/C18H28ClFN4O.HI/c1-6-21-17(24(5)12-16(25)23-18(2,3)4)22-11-10-13-14(19)8-7-9-15(13)20;/h7-9H,6,10-12H2,1-5H3,(H,21,22)(H,23,25);1H. The number of benzene rings is 1. The van der Waals surface area contributed by atoms with Crippen LogP contribution in [0.4, 0.5) is 4.39 Å². The summed E-state index contributed by atoms with van der Waals surface area (Å²) in [6, 6.07) is 4.63. The van der Waals surface area contributed by atoms with Crippen molar-refractivity contribution in [3.63, 3.8) is 0 Å². The highest BCUT2D eigenvalue weighted by Gasteiger charge is 2.16. The van der Waals surface area contributed by atoms with Crippen LogP contribution < -0.4 is 10.6 Å². The third kappa shape index (κ3) is 9.02. The van der Waals surface area contributed by atoms with E-state index >= 15 is 0 Å². The molecule has 0 radical (unpaired) electrons. The van der Waals surface area contributed by atoms with E-state index in [1.807, 2.05) is 27.7 Å². The summed E-state index contributed by atoms with van der Waals surface area (Å²) >= 11 is 6.03. The van der Waals surface area contributed by atoms with Crippen molar-refractivity contribution >= 4 is 47.4 Å². The molecule has 0 saturated heterocycles. The van der Waals surface area contributed by atoms with E-state index < -0.39 is 0 Å². The van der Waals surface area contributed by atoms with Crippen LogP contribution in [0, 0.1) is 5.82 Å². The lowest BCUT2D eigenvalue weighted by atomic mass is 10.1. The van der Waals surface area contributed by atoms with Gasteiger partial charge in [0.2, 0.25) is 5.91 Å². The molecule has 0 aliphatic rings. The van der Waals surface area contributed by atoms with Crippen LogP contribution in [0.2, 0.25) is 5.02 Å². The molecule has 1 aromatic rings. The van der Waals surface area contributed by atoms with Crippen LogP contribution in [0.3, 0.4) is 0 Å². The number of carbonyl (C=O) groups is 1. The van der Waals surface area contributed by atoms with Crippen LogP contribution in [0.15, 0.2) is 23.2 Å². The summed E-state index contributed by atoms with van der Waals surface area (Å²) in [5.41, 5.74) is 0.173. The highest BCUT2D eigenvalue weighted by Crippen LogP contribution is 2.19. The molecule has 0 unspecified atom stereocenters. The molecule has 148 valence electrons. The van der Waals surface area contributed by atoms with Crippen LogP contribution in [-0.2, 0) is 11.2 Å². The summed E-state index contributed by atoms with van der Waals surface area (Å²) in [6.45, 7) is 8.97. The average molecular weight is 499 g/mol. The number of hydrogen-bond donors (Lipinski definition) is 2. The molecular formula is C18H29ClFIN4O. The van der Waals surface area contributed by atoms with Gasteiger partial charge in [-0.1, -0.05) is 17.7 Å².